The van der Waals surface area contributed by atoms with E-state index in [9.17, 15) is 4.79 Å². The van der Waals surface area contributed by atoms with Crippen molar-refractivity contribution in [2.24, 2.45) is 7.05 Å². The minimum absolute atomic E-state index is 0.303. The normalized spacial score (nSPS) is 12.6. The molecule has 9 heteroatoms. The molecule has 0 aliphatic rings. The summed E-state index contributed by atoms with van der Waals surface area (Å²) < 4.78 is 15.3. The molecule has 0 spiro atoms. The number of nitrogens with zero attached hydrogens (tertiary/aromatic N) is 6. The first-order valence-electron chi connectivity index (χ1n) is 10.5. The summed E-state index contributed by atoms with van der Waals surface area (Å²) in [4.78, 5) is 23.0. The molecule has 0 unspecified atom stereocenters. The van der Waals surface area contributed by atoms with Gasteiger partial charge in [-0.3, -0.25) is 4.40 Å². The molecule has 0 saturated carbocycles. The second-order valence-corrected chi connectivity index (χ2v) is 8.97. The van der Waals surface area contributed by atoms with Crippen molar-refractivity contribution in [1.82, 2.24) is 29.0 Å². The van der Waals surface area contributed by atoms with Gasteiger partial charge in [0.15, 0.2) is 5.65 Å². The minimum atomic E-state index is -0.554. The Labute approximate surface area is 188 Å². The number of rotatable bonds is 6. The summed E-state index contributed by atoms with van der Waals surface area (Å²) in [6.07, 6.45) is 4.74. The maximum absolute atomic E-state index is 12.3. The largest absolute Gasteiger partial charge is 0.472 e. The SMILES string of the molecule is C=Cc1cnc2c(C)nc(-c3c(C)nn(C)c3O[C@@H](C)CN(C)C(=O)OC(C)(C)C)cn12. The number of aryl methyl sites for hydroxylation is 3. The van der Waals surface area contributed by atoms with Crippen LogP contribution in [0.4, 0.5) is 4.79 Å². The number of likely N-dealkylation sites (N-methyl/N-ethyl adjacent to an activating group) is 1. The highest BCUT2D eigenvalue weighted by Crippen LogP contribution is 2.33. The lowest BCUT2D eigenvalue weighted by atomic mass is 10.2. The first-order chi connectivity index (χ1) is 14.9. The van der Waals surface area contributed by atoms with E-state index >= 15 is 0 Å². The van der Waals surface area contributed by atoms with Crippen molar-refractivity contribution in [2.75, 3.05) is 13.6 Å². The van der Waals surface area contributed by atoms with Crippen molar-refractivity contribution >= 4 is 17.8 Å². The fourth-order valence-corrected chi connectivity index (χ4v) is 3.53. The second kappa shape index (κ2) is 8.64. The van der Waals surface area contributed by atoms with Crippen molar-refractivity contribution < 1.29 is 14.3 Å². The molecule has 0 aliphatic heterocycles. The Bertz CT molecular complexity index is 1150. The molecule has 0 aromatic carbocycles. The number of imidazole rings is 1. The lowest BCUT2D eigenvalue weighted by molar-refractivity contribution is 0.0233. The van der Waals surface area contributed by atoms with Gasteiger partial charge in [-0.25, -0.2) is 19.4 Å². The highest BCUT2D eigenvalue weighted by Gasteiger charge is 2.24. The molecule has 1 atom stereocenters. The number of aromatic nitrogens is 5. The van der Waals surface area contributed by atoms with Crippen LogP contribution in [0.5, 0.6) is 5.88 Å². The van der Waals surface area contributed by atoms with Gasteiger partial charge in [0.1, 0.15) is 11.7 Å². The molecule has 1 amide bonds. The molecule has 0 N–H and O–H groups in total. The maximum atomic E-state index is 12.3. The fourth-order valence-electron chi connectivity index (χ4n) is 3.53. The average Bonchev–Trinajstić information content (AvgIpc) is 3.20. The van der Waals surface area contributed by atoms with E-state index in [1.807, 2.05) is 59.2 Å². The summed E-state index contributed by atoms with van der Waals surface area (Å²) in [6, 6.07) is 0. The highest BCUT2D eigenvalue weighted by molar-refractivity contribution is 5.70. The van der Waals surface area contributed by atoms with Gasteiger partial charge in [0.05, 0.1) is 41.1 Å². The van der Waals surface area contributed by atoms with Gasteiger partial charge in [-0.2, -0.15) is 5.10 Å². The molecule has 0 fully saturated rings. The molecule has 0 aliphatic carbocycles. The first-order valence-corrected chi connectivity index (χ1v) is 10.5. The Morgan fingerprint density at radius 2 is 2.00 bits per heavy atom. The number of carbonyl (C=O) groups is 1. The zero-order chi connectivity index (χ0) is 23.8. The lowest BCUT2D eigenvalue weighted by Crippen LogP contribution is -2.39. The summed E-state index contributed by atoms with van der Waals surface area (Å²) in [6.45, 7) is 15.5. The van der Waals surface area contributed by atoms with E-state index in [4.69, 9.17) is 14.5 Å². The molecule has 9 nitrogen and oxygen atoms in total. The third-order valence-corrected chi connectivity index (χ3v) is 4.87. The van der Waals surface area contributed by atoms with Crippen LogP contribution in [0, 0.1) is 13.8 Å². The number of ether oxygens (including phenoxy) is 2. The summed E-state index contributed by atoms with van der Waals surface area (Å²) in [5, 5.41) is 4.54. The topological polar surface area (TPSA) is 86.8 Å². The van der Waals surface area contributed by atoms with Crippen LogP contribution < -0.4 is 4.74 Å². The van der Waals surface area contributed by atoms with Crippen molar-refractivity contribution in [3.8, 4) is 17.1 Å². The fraction of sp³-hybridized carbons (Fsp3) is 0.478. The summed E-state index contributed by atoms with van der Waals surface area (Å²) in [7, 11) is 3.52. The van der Waals surface area contributed by atoms with Gasteiger partial charge in [-0.15, -0.1) is 0 Å². The number of hydrogen-bond acceptors (Lipinski definition) is 6. The van der Waals surface area contributed by atoms with Gasteiger partial charge in [0, 0.05) is 20.3 Å². The van der Waals surface area contributed by atoms with E-state index in [0.717, 1.165) is 34.0 Å². The molecule has 3 heterocycles. The van der Waals surface area contributed by atoms with E-state index in [-0.39, 0.29) is 6.10 Å². The van der Waals surface area contributed by atoms with Crippen molar-refractivity contribution in [1.29, 1.82) is 0 Å². The Morgan fingerprint density at radius 1 is 1.31 bits per heavy atom. The van der Waals surface area contributed by atoms with Crippen LogP contribution in [0.2, 0.25) is 0 Å². The van der Waals surface area contributed by atoms with E-state index < -0.39 is 11.7 Å². The monoisotopic (exact) mass is 440 g/mol. The number of fused-ring (bicyclic) bond motifs is 1. The summed E-state index contributed by atoms with van der Waals surface area (Å²) in [5.74, 6) is 0.583. The van der Waals surface area contributed by atoms with Crippen molar-refractivity contribution in [2.45, 2.75) is 53.2 Å². The zero-order valence-electron chi connectivity index (χ0n) is 20.1. The standard InChI is InChI=1S/C23H32N6O3/c1-10-17-11-24-20-16(4)25-18(13-29(17)20)19-15(3)26-28(9)21(19)31-14(2)12-27(8)22(30)32-23(5,6)7/h10-11,13-14H,1,12H2,2-9H3/t14-/m0/s1. The van der Waals surface area contributed by atoms with Crippen LogP contribution in [-0.4, -0.2) is 60.4 Å². The Hall–Kier alpha value is -3.36. The van der Waals surface area contributed by atoms with Gasteiger partial charge < -0.3 is 14.4 Å². The average molecular weight is 441 g/mol. The Morgan fingerprint density at radius 3 is 2.62 bits per heavy atom. The molecule has 3 aromatic heterocycles. The van der Waals surface area contributed by atoms with Crippen LogP contribution in [-0.2, 0) is 11.8 Å². The van der Waals surface area contributed by atoms with Gasteiger partial charge in [-0.1, -0.05) is 6.58 Å². The van der Waals surface area contributed by atoms with E-state index in [1.54, 1.807) is 24.0 Å². The maximum Gasteiger partial charge on any atom is 0.410 e. The molecule has 172 valence electrons. The Kier molecular flexibility index (Phi) is 6.29. The number of hydrogen-bond donors (Lipinski definition) is 0. The Balaban J connectivity index is 1.90. The molecule has 3 rings (SSSR count). The highest BCUT2D eigenvalue weighted by atomic mass is 16.6. The number of amides is 1. The van der Waals surface area contributed by atoms with Crippen LogP contribution >= 0.6 is 0 Å². The van der Waals surface area contributed by atoms with E-state index in [1.165, 1.54) is 4.90 Å². The quantitative estimate of drug-likeness (QED) is 0.575. The predicted octanol–water partition coefficient (Wildman–Crippen LogP) is 4.02. The van der Waals surface area contributed by atoms with Crippen LogP contribution in [0.1, 0.15) is 44.8 Å². The summed E-state index contributed by atoms with van der Waals surface area (Å²) >= 11 is 0. The molecule has 3 aromatic rings. The molecule has 0 bridgehead atoms. The van der Waals surface area contributed by atoms with Gasteiger partial charge in [0.2, 0.25) is 5.88 Å². The zero-order valence-corrected chi connectivity index (χ0v) is 20.1. The second-order valence-electron chi connectivity index (χ2n) is 8.97. The van der Waals surface area contributed by atoms with Crippen molar-refractivity contribution in [3.63, 3.8) is 0 Å². The van der Waals surface area contributed by atoms with E-state index in [0.29, 0.717) is 12.4 Å². The smallest absolute Gasteiger partial charge is 0.410 e. The van der Waals surface area contributed by atoms with E-state index in [2.05, 4.69) is 16.7 Å². The van der Waals surface area contributed by atoms with Crippen molar-refractivity contribution in [3.05, 3.63) is 36.1 Å². The molecular formula is C23H32N6O3. The summed E-state index contributed by atoms with van der Waals surface area (Å²) in [5.41, 5.74) is 4.21. The predicted molar refractivity (Wildman–Crippen MR) is 124 cm³/mol. The molecule has 0 saturated heterocycles. The van der Waals surface area contributed by atoms with Crippen LogP contribution in [0.3, 0.4) is 0 Å². The molecule has 32 heavy (non-hydrogen) atoms. The van der Waals surface area contributed by atoms with Crippen LogP contribution in [0.25, 0.3) is 23.0 Å². The lowest BCUT2D eigenvalue weighted by Gasteiger charge is -2.26. The first kappa shape index (κ1) is 23.3. The number of carbonyl (C=O) groups excluding carboxylic acids is 1. The van der Waals surface area contributed by atoms with Gasteiger partial charge in [-0.05, 0) is 47.6 Å². The third-order valence-electron chi connectivity index (χ3n) is 4.87. The molecular weight excluding hydrogens is 408 g/mol. The van der Waals surface area contributed by atoms with Gasteiger partial charge in [0.25, 0.3) is 0 Å². The third kappa shape index (κ3) is 4.76. The van der Waals surface area contributed by atoms with Gasteiger partial charge >= 0.3 is 6.09 Å². The minimum Gasteiger partial charge on any atom is -0.472 e. The van der Waals surface area contributed by atoms with Crippen LogP contribution in [0.15, 0.2) is 19.0 Å². The molecule has 0 radical (unpaired) electrons.